The maximum absolute atomic E-state index is 11.9. The summed E-state index contributed by atoms with van der Waals surface area (Å²) in [6, 6.07) is 9.81. The molecule has 1 aliphatic rings. The van der Waals surface area contributed by atoms with E-state index in [0.717, 1.165) is 23.0 Å². The molecule has 0 radical (unpaired) electrons. The minimum Gasteiger partial charge on any atom is -0.376 e. The van der Waals surface area contributed by atoms with E-state index in [1.807, 2.05) is 24.3 Å². The maximum atomic E-state index is 11.9. The van der Waals surface area contributed by atoms with E-state index in [9.17, 15) is 10.1 Å². The van der Waals surface area contributed by atoms with Crippen molar-refractivity contribution in [2.45, 2.75) is 25.3 Å². The van der Waals surface area contributed by atoms with E-state index in [2.05, 4.69) is 32.6 Å². The summed E-state index contributed by atoms with van der Waals surface area (Å²) in [6.07, 6.45) is 2.04. The zero-order valence-electron chi connectivity index (χ0n) is 10.7. The largest absolute Gasteiger partial charge is 0.376 e. The van der Waals surface area contributed by atoms with Crippen molar-refractivity contribution >= 4 is 27.5 Å². The van der Waals surface area contributed by atoms with Gasteiger partial charge in [0.05, 0.1) is 12.6 Å². The number of nitrogens with zero attached hydrogens (tertiary/aromatic N) is 1. The SMILES string of the molecule is C[C@@](C#N)(NC(=O)CNc1ccc(Br)cc1)C1CC1. The minimum absolute atomic E-state index is 0.154. The Hall–Kier alpha value is -1.54. The molecule has 1 aromatic rings. The topological polar surface area (TPSA) is 64.9 Å². The fraction of sp³-hybridized carbons (Fsp3) is 0.429. The van der Waals surface area contributed by atoms with Crippen LogP contribution in [0.4, 0.5) is 5.69 Å². The quantitative estimate of drug-likeness (QED) is 0.876. The van der Waals surface area contributed by atoms with Crippen LogP contribution in [0, 0.1) is 17.2 Å². The van der Waals surface area contributed by atoms with Gasteiger partial charge in [-0.05, 0) is 49.9 Å². The third-order valence-corrected chi connectivity index (χ3v) is 3.85. The summed E-state index contributed by atoms with van der Waals surface area (Å²) in [5, 5.41) is 15.0. The van der Waals surface area contributed by atoms with Crippen molar-refractivity contribution in [3.8, 4) is 6.07 Å². The maximum Gasteiger partial charge on any atom is 0.240 e. The molecule has 1 aromatic carbocycles. The number of nitrogens with one attached hydrogen (secondary N) is 2. The first-order valence-electron chi connectivity index (χ1n) is 6.25. The standard InChI is InChI=1S/C14H16BrN3O/c1-14(9-16,10-2-3-10)18-13(19)8-17-12-6-4-11(15)5-7-12/h4-7,10,17H,2-3,8H2,1H3,(H,18,19)/t14-/m0/s1. The monoisotopic (exact) mass is 321 g/mol. The highest BCUT2D eigenvalue weighted by atomic mass is 79.9. The highest BCUT2D eigenvalue weighted by Crippen LogP contribution is 2.39. The third-order valence-electron chi connectivity index (χ3n) is 3.32. The molecule has 1 amide bonds. The van der Waals surface area contributed by atoms with Crippen molar-refractivity contribution in [3.05, 3.63) is 28.7 Å². The molecular weight excluding hydrogens is 306 g/mol. The summed E-state index contributed by atoms with van der Waals surface area (Å²) >= 11 is 3.35. The second-order valence-electron chi connectivity index (χ2n) is 5.00. The summed E-state index contributed by atoms with van der Waals surface area (Å²) in [4.78, 5) is 11.9. The van der Waals surface area contributed by atoms with Gasteiger partial charge in [-0.3, -0.25) is 4.79 Å². The summed E-state index contributed by atoms with van der Waals surface area (Å²) in [6.45, 7) is 1.97. The van der Waals surface area contributed by atoms with Crippen LogP contribution in [0.2, 0.25) is 0 Å². The van der Waals surface area contributed by atoms with Crippen LogP contribution in [0.25, 0.3) is 0 Å². The van der Waals surface area contributed by atoms with Crippen LogP contribution in [0.3, 0.4) is 0 Å². The van der Waals surface area contributed by atoms with Gasteiger partial charge in [0.2, 0.25) is 5.91 Å². The number of rotatable bonds is 5. The molecule has 1 saturated carbocycles. The normalized spacial score (nSPS) is 17.1. The minimum atomic E-state index is -0.724. The Morgan fingerprint density at radius 1 is 1.47 bits per heavy atom. The van der Waals surface area contributed by atoms with E-state index in [1.54, 1.807) is 6.92 Å². The van der Waals surface area contributed by atoms with Gasteiger partial charge in [-0.1, -0.05) is 15.9 Å². The fourth-order valence-corrected chi connectivity index (χ4v) is 2.23. The van der Waals surface area contributed by atoms with Crippen molar-refractivity contribution in [2.24, 2.45) is 5.92 Å². The molecule has 0 unspecified atom stereocenters. The van der Waals surface area contributed by atoms with Crippen LogP contribution in [0.5, 0.6) is 0 Å². The molecule has 1 fully saturated rings. The van der Waals surface area contributed by atoms with Gasteiger partial charge in [0, 0.05) is 10.2 Å². The van der Waals surface area contributed by atoms with Crippen molar-refractivity contribution < 1.29 is 4.79 Å². The van der Waals surface area contributed by atoms with Crippen molar-refractivity contribution in [1.82, 2.24) is 5.32 Å². The van der Waals surface area contributed by atoms with Crippen molar-refractivity contribution in [1.29, 1.82) is 5.26 Å². The van der Waals surface area contributed by atoms with Crippen LogP contribution >= 0.6 is 15.9 Å². The lowest BCUT2D eigenvalue weighted by Gasteiger charge is -2.23. The lowest BCUT2D eigenvalue weighted by molar-refractivity contribution is -0.120. The molecule has 4 nitrogen and oxygen atoms in total. The molecule has 19 heavy (non-hydrogen) atoms. The van der Waals surface area contributed by atoms with E-state index < -0.39 is 5.54 Å². The molecule has 0 spiro atoms. The zero-order valence-corrected chi connectivity index (χ0v) is 12.3. The first kappa shape index (κ1) is 13.9. The highest BCUT2D eigenvalue weighted by molar-refractivity contribution is 9.10. The van der Waals surface area contributed by atoms with Crippen LogP contribution in [-0.4, -0.2) is 18.0 Å². The number of hydrogen-bond acceptors (Lipinski definition) is 3. The van der Waals surface area contributed by atoms with Gasteiger partial charge >= 0.3 is 0 Å². The molecule has 0 bridgehead atoms. The molecule has 1 atom stereocenters. The average Bonchev–Trinajstić information content (AvgIpc) is 3.22. The van der Waals surface area contributed by atoms with E-state index in [-0.39, 0.29) is 12.5 Å². The third kappa shape index (κ3) is 3.71. The van der Waals surface area contributed by atoms with E-state index in [1.165, 1.54) is 0 Å². The Bertz CT molecular complexity index is 504. The van der Waals surface area contributed by atoms with Crippen LogP contribution in [-0.2, 0) is 4.79 Å². The number of nitriles is 1. The molecule has 0 aromatic heterocycles. The number of carbonyl (C=O) groups excluding carboxylic acids is 1. The van der Waals surface area contributed by atoms with Gasteiger partial charge in [-0.25, -0.2) is 0 Å². The van der Waals surface area contributed by atoms with Crippen LogP contribution < -0.4 is 10.6 Å². The molecular formula is C14H16BrN3O. The number of anilines is 1. The van der Waals surface area contributed by atoms with Gasteiger partial charge in [-0.15, -0.1) is 0 Å². The summed E-state index contributed by atoms with van der Waals surface area (Å²) in [7, 11) is 0. The van der Waals surface area contributed by atoms with Crippen LogP contribution in [0.15, 0.2) is 28.7 Å². The van der Waals surface area contributed by atoms with Crippen molar-refractivity contribution in [2.75, 3.05) is 11.9 Å². The fourth-order valence-electron chi connectivity index (χ4n) is 1.97. The Labute approximate surface area is 121 Å². The van der Waals surface area contributed by atoms with E-state index in [4.69, 9.17) is 0 Å². The zero-order chi connectivity index (χ0) is 13.9. The first-order valence-corrected chi connectivity index (χ1v) is 7.04. The number of halogens is 1. The lowest BCUT2D eigenvalue weighted by Crippen LogP contribution is -2.48. The first-order chi connectivity index (χ1) is 9.03. The Morgan fingerprint density at radius 2 is 2.11 bits per heavy atom. The number of benzene rings is 1. The Kier molecular flexibility index (Phi) is 4.11. The smallest absolute Gasteiger partial charge is 0.240 e. The number of amides is 1. The number of carbonyl (C=O) groups is 1. The van der Waals surface area contributed by atoms with Gasteiger partial charge < -0.3 is 10.6 Å². The number of hydrogen-bond donors (Lipinski definition) is 2. The molecule has 100 valence electrons. The predicted octanol–water partition coefficient (Wildman–Crippen LogP) is 2.67. The molecule has 2 rings (SSSR count). The molecule has 2 N–H and O–H groups in total. The van der Waals surface area contributed by atoms with Gasteiger partial charge in [0.15, 0.2) is 0 Å². The molecule has 5 heteroatoms. The van der Waals surface area contributed by atoms with Crippen LogP contribution in [0.1, 0.15) is 19.8 Å². The van der Waals surface area contributed by atoms with Gasteiger partial charge in [0.25, 0.3) is 0 Å². The highest BCUT2D eigenvalue weighted by Gasteiger charge is 2.42. The van der Waals surface area contributed by atoms with E-state index >= 15 is 0 Å². The van der Waals surface area contributed by atoms with Crippen molar-refractivity contribution in [3.63, 3.8) is 0 Å². The summed E-state index contributed by atoms with van der Waals surface area (Å²) in [5.74, 6) is 0.146. The second-order valence-corrected chi connectivity index (χ2v) is 5.91. The molecule has 1 aliphatic carbocycles. The summed E-state index contributed by atoms with van der Waals surface area (Å²) in [5.41, 5.74) is 0.154. The van der Waals surface area contributed by atoms with E-state index in [0.29, 0.717) is 5.92 Å². The predicted molar refractivity (Wildman–Crippen MR) is 77.5 cm³/mol. The van der Waals surface area contributed by atoms with Gasteiger partial charge in [0.1, 0.15) is 5.54 Å². The Morgan fingerprint density at radius 3 is 2.63 bits per heavy atom. The Balaban J connectivity index is 1.84. The lowest BCUT2D eigenvalue weighted by atomic mass is 9.98. The average molecular weight is 322 g/mol. The van der Waals surface area contributed by atoms with Gasteiger partial charge in [-0.2, -0.15) is 5.26 Å². The molecule has 0 aliphatic heterocycles. The molecule has 0 heterocycles. The second kappa shape index (κ2) is 5.62. The summed E-state index contributed by atoms with van der Waals surface area (Å²) < 4.78 is 0.994. The molecule has 0 saturated heterocycles.